The number of aromatic nitrogens is 1. The highest BCUT2D eigenvalue weighted by molar-refractivity contribution is 6.42. The van der Waals surface area contributed by atoms with E-state index in [4.69, 9.17) is 42.1 Å². The number of ether oxygens (including phenoxy) is 4. The quantitative estimate of drug-likeness (QED) is 0.124. The minimum atomic E-state index is -1.26. The van der Waals surface area contributed by atoms with Gasteiger partial charge in [-0.15, -0.1) is 0 Å². The van der Waals surface area contributed by atoms with Crippen LogP contribution in [0.15, 0.2) is 128 Å². The summed E-state index contributed by atoms with van der Waals surface area (Å²) in [7, 11) is 0. The number of carboxylic acids is 1. The fourth-order valence-corrected chi connectivity index (χ4v) is 7.52. The Kier molecular flexibility index (Phi) is 11.9. The van der Waals surface area contributed by atoms with E-state index >= 15 is 0 Å². The number of nitrogens with one attached hydrogen (secondary N) is 1. The Hall–Kier alpha value is -6.56. The molecule has 0 aliphatic carbocycles. The van der Waals surface area contributed by atoms with Crippen LogP contribution in [0.5, 0.6) is 28.7 Å². The van der Waals surface area contributed by atoms with Crippen LogP contribution in [0, 0.1) is 6.92 Å². The van der Waals surface area contributed by atoms with Gasteiger partial charge in [0.1, 0.15) is 42.5 Å². The first-order valence-corrected chi connectivity index (χ1v) is 20.0. The maximum atomic E-state index is 14.1. The summed E-state index contributed by atoms with van der Waals surface area (Å²) < 4.78 is 24.5. The molecule has 0 unspecified atom stereocenters. The molecule has 1 aromatic heterocycles. The highest BCUT2D eigenvalue weighted by Gasteiger charge is 2.38. The molecule has 11 nitrogen and oxygen atoms in total. The molecule has 2 N–H and O–H groups in total. The second-order valence-electron chi connectivity index (χ2n) is 14.6. The summed E-state index contributed by atoms with van der Waals surface area (Å²) in [5, 5.41) is 13.9. The van der Waals surface area contributed by atoms with Gasteiger partial charge in [0.25, 0.3) is 5.91 Å². The van der Waals surface area contributed by atoms with Gasteiger partial charge in [0.2, 0.25) is 5.91 Å². The highest BCUT2D eigenvalue weighted by Crippen LogP contribution is 2.41. The molecular formula is C47H39Cl2N3O8. The highest BCUT2D eigenvalue weighted by atomic mass is 35.5. The summed E-state index contributed by atoms with van der Waals surface area (Å²) in [4.78, 5) is 46.4. The van der Waals surface area contributed by atoms with Gasteiger partial charge < -0.3 is 34.3 Å². The smallest absolute Gasteiger partial charge is 0.326 e. The fourth-order valence-electron chi connectivity index (χ4n) is 7.20. The van der Waals surface area contributed by atoms with Crippen molar-refractivity contribution in [1.29, 1.82) is 0 Å². The van der Waals surface area contributed by atoms with Gasteiger partial charge in [-0.1, -0.05) is 71.7 Å². The Labute approximate surface area is 356 Å². The van der Waals surface area contributed by atoms with E-state index in [1.165, 1.54) is 4.90 Å². The van der Waals surface area contributed by atoms with Crippen molar-refractivity contribution >= 4 is 41.0 Å². The van der Waals surface area contributed by atoms with E-state index in [2.05, 4.69) is 10.3 Å². The van der Waals surface area contributed by atoms with E-state index < -0.39 is 30.1 Å². The zero-order valence-electron chi connectivity index (χ0n) is 32.3. The number of amides is 2. The number of pyridine rings is 1. The van der Waals surface area contributed by atoms with E-state index in [1.54, 1.807) is 79.0 Å². The SMILES string of the molecule is Cc1cc(Oc2ccc(C[C@H](NC(=O)[C@@H]3Cc4cc5c(cc4CN3C(=O)c3ccccc3)O[C@@H](c3ccc(OCc4ccc(Cl)c(Cl)c4)cc3)CO5)C(=O)O)cc2)ccn1. The van der Waals surface area contributed by atoms with Crippen molar-refractivity contribution in [2.75, 3.05) is 6.61 Å². The summed E-state index contributed by atoms with van der Waals surface area (Å²) in [5.74, 6) is 0.760. The van der Waals surface area contributed by atoms with Crippen molar-refractivity contribution in [3.05, 3.63) is 177 Å². The van der Waals surface area contributed by atoms with Crippen LogP contribution in [-0.2, 0) is 35.6 Å². The molecule has 0 fully saturated rings. The molecule has 3 heterocycles. The number of fused-ring (bicyclic) bond motifs is 2. The van der Waals surface area contributed by atoms with Crippen molar-refractivity contribution in [2.45, 2.75) is 51.1 Å². The topological polar surface area (TPSA) is 137 Å². The van der Waals surface area contributed by atoms with Crippen LogP contribution in [-0.4, -0.2) is 51.5 Å². The van der Waals surface area contributed by atoms with Crippen LogP contribution < -0.4 is 24.3 Å². The van der Waals surface area contributed by atoms with Gasteiger partial charge in [0, 0.05) is 42.9 Å². The van der Waals surface area contributed by atoms with Gasteiger partial charge >= 0.3 is 5.97 Å². The Morgan fingerprint density at radius 1 is 0.833 bits per heavy atom. The van der Waals surface area contributed by atoms with E-state index in [9.17, 15) is 19.5 Å². The van der Waals surface area contributed by atoms with Crippen LogP contribution in [0.25, 0.3) is 0 Å². The Morgan fingerprint density at radius 3 is 2.30 bits per heavy atom. The first-order chi connectivity index (χ1) is 29.1. The molecule has 6 aromatic rings. The second kappa shape index (κ2) is 17.7. The van der Waals surface area contributed by atoms with Crippen LogP contribution in [0.1, 0.15) is 50.0 Å². The van der Waals surface area contributed by atoms with Crippen molar-refractivity contribution < 1.29 is 38.4 Å². The number of benzene rings is 5. The van der Waals surface area contributed by atoms with E-state index in [1.807, 2.05) is 55.5 Å². The average molecular weight is 845 g/mol. The molecule has 0 saturated carbocycles. The number of halogens is 2. The van der Waals surface area contributed by atoms with Crippen LogP contribution in [0.2, 0.25) is 10.0 Å². The number of aryl methyl sites for hydroxylation is 1. The largest absolute Gasteiger partial charge is 0.489 e. The summed E-state index contributed by atoms with van der Waals surface area (Å²) in [6.07, 6.45) is 1.40. The number of aliphatic carboxylic acids is 1. The van der Waals surface area contributed by atoms with Gasteiger partial charge in [0.05, 0.1) is 10.0 Å². The zero-order chi connectivity index (χ0) is 41.8. The standard InChI is InChI=1S/C47H39Cl2N3O8/c1-28-19-37(17-18-50-28)59-36-12-7-29(8-13-36)21-40(47(55)56)51-45(53)41-22-33-23-42-43(24-34(33)25-52(41)46(54)32-5-3-2-4-6-32)60-44(27-58-42)31-10-14-35(15-11-31)57-26-30-9-16-38(48)39(49)20-30/h2-20,23-24,40-41,44H,21-22,25-27H2,1H3,(H,51,53)(H,55,56)/t40-,41-,44+/m0/s1. The third kappa shape index (κ3) is 9.33. The molecule has 0 spiro atoms. The Balaban J connectivity index is 0.966. The molecule has 13 heteroatoms. The predicted molar refractivity (Wildman–Crippen MR) is 225 cm³/mol. The summed E-state index contributed by atoms with van der Waals surface area (Å²) in [5.41, 5.74) is 5.25. The molecule has 2 aliphatic rings. The average Bonchev–Trinajstić information content (AvgIpc) is 3.26. The van der Waals surface area contributed by atoms with Crippen molar-refractivity contribution in [3.63, 3.8) is 0 Å². The molecular weight excluding hydrogens is 805 g/mol. The molecule has 2 amide bonds. The van der Waals surface area contributed by atoms with Gasteiger partial charge in [-0.05, 0) is 101 Å². The van der Waals surface area contributed by atoms with E-state index in [0.29, 0.717) is 56.5 Å². The monoisotopic (exact) mass is 843 g/mol. The van der Waals surface area contributed by atoms with Gasteiger partial charge in [-0.3, -0.25) is 14.6 Å². The number of rotatable bonds is 12. The maximum absolute atomic E-state index is 14.1. The van der Waals surface area contributed by atoms with Gasteiger partial charge in [-0.25, -0.2) is 4.79 Å². The van der Waals surface area contributed by atoms with Gasteiger partial charge in [-0.2, -0.15) is 0 Å². The van der Waals surface area contributed by atoms with Crippen LogP contribution in [0.3, 0.4) is 0 Å². The molecule has 60 heavy (non-hydrogen) atoms. The van der Waals surface area contributed by atoms with Crippen LogP contribution >= 0.6 is 23.2 Å². The Morgan fingerprint density at radius 2 is 1.57 bits per heavy atom. The summed E-state index contributed by atoms with van der Waals surface area (Å²) in [6.45, 7) is 2.52. The molecule has 2 aliphatic heterocycles. The molecule has 0 radical (unpaired) electrons. The number of carbonyl (C=O) groups excluding carboxylic acids is 2. The zero-order valence-corrected chi connectivity index (χ0v) is 33.9. The predicted octanol–water partition coefficient (Wildman–Crippen LogP) is 8.96. The van der Waals surface area contributed by atoms with E-state index in [-0.39, 0.29) is 31.9 Å². The minimum absolute atomic E-state index is 0.0139. The molecule has 0 saturated heterocycles. The van der Waals surface area contributed by atoms with Crippen molar-refractivity contribution in [3.8, 4) is 28.7 Å². The molecule has 8 rings (SSSR count). The fraction of sp³-hybridized carbons (Fsp3) is 0.191. The van der Waals surface area contributed by atoms with Gasteiger partial charge in [0.15, 0.2) is 17.6 Å². The Bertz CT molecular complexity index is 2540. The molecule has 5 aromatic carbocycles. The maximum Gasteiger partial charge on any atom is 0.326 e. The second-order valence-corrected chi connectivity index (χ2v) is 15.4. The molecule has 3 atom stereocenters. The third-order valence-corrected chi connectivity index (χ3v) is 11.1. The van der Waals surface area contributed by atoms with Crippen molar-refractivity contribution in [2.24, 2.45) is 0 Å². The number of hydrogen-bond donors (Lipinski definition) is 2. The lowest BCUT2D eigenvalue weighted by Gasteiger charge is -2.37. The van der Waals surface area contributed by atoms with Crippen LogP contribution in [0.4, 0.5) is 0 Å². The normalized spacial score (nSPS) is 15.9. The number of nitrogens with zero attached hydrogens (tertiary/aromatic N) is 2. The number of carbonyl (C=O) groups is 3. The summed E-state index contributed by atoms with van der Waals surface area (Å²) in [6, 6.07) is 33.6. The van der Waals surface area contributed by atoms with E-state index in [0.717, 1.165) is 27.9 Å². The summed E-state index contributed by atoms with van der Waals surface area (Å²) >= 11 is 12.2. The molecule has 304 valence electrons. The lowest BCUT2D eigenvalue weighted by Crippen LogP contribution is -2.56. The number of hydrogen-bond acceptors (Lipinski definition) is 8. The number of carboxylic acid groups (broad SMARTS) is 1. The first kappa shape index (κ1) is 40.2. The molecule has 0 bridgehead atoms. The minimum Gasteiger partial charge on any atom is -0.489 e. The first-order valence-electron chi connectivity index (χ1n) is 19.3. The lowest BCUT2D eigenvalue weighted by atomic mass is 9.91. The third-order valence-electron chi connectivity index (χ3n) is 10.4. The van der Waals surface area contributed by atoms with Crippen molar-refractivity contribution in [1.82, 2.24) is 15.2 Å². The lowest BCUT2D eigenvalue weighted by molar-refractivity contribution is -0.142.